The molecule has 0 bridgehead atoms. The molecule has 0 saturated heterocycles. The molecule has 0 aromatic heterocycles. The van der Waals surface area contributed by atoms with Crippen LogP contribution in [0.1, 0.15) is 59.4 Å². The number of methoxy groups -OCH3 is 2. The first kappa shape index (κ1) is 27.2. The molecule has 1 aromatic rings. The van der Waals surface area contributed by atoms with Crippen molar-refractivity contribution in [1.29, 1.82) is 0 Å². The number of hydrogen-bond acceptors (Lipinski definition) is 3. The van der Waals surface area contributed by atoms with Crippen molar-refractivity contribution < 1.29 is 14.3 Å². The first-order valence-corrected chi connectivity index (χ1v) is 12.1. The maximum Gasteiger partial charge on any atom is 0.244 e. The Bertz CT molecular complexity index is 1010. The second-order valence-corrected chi connectivity index (χ2v) is 9.65. The lowest BCUT2D eigenvalue weighted by Crippen LogP contribution is -2.23. The molecule has 0 heterocycles. The second kappa shape index (κ2) is 13.0. The second-order valence-electron chi connectivity index (χ2n) is 9.65. The summed E-state index contributed by atoms with van der Waals surface area (Å²) < 4.78 is 10.6. The number of carbonyl (C=O) groups is 1. The van der Waals surface area contributed by atoms with E-state index >= 15 is 0 Å². The molecule has 1 aliphatic carbocycles. The maximum absolute atomic E-state index is 12.2. The Morgan fingerprint density at radius 2 is 1.82 bits per heavy atom. The summed E-state index contributed by atoms with van der Waals surface area (Å²) in [6, 6.07) is 5.79. The summed E-state index contributed by atoms with van der Waals surface area (Å²) in [7, 11) is 3.24. The third-order valence-electron chi connectivity index (χ3n) is 6.29. The molecule has 4 heteroatoms. The number of rotatable bonds is 10. The molecular formula is C30H41NO3. The summed E-state index contributed by atoms with van der Waals surface area (Å²) in [5.41, 5.74) is 6.40. The predicted molar refractivity (Wildman–Crippen MR) is 142 cm³/mol. The molecule has 0 radical (unpaired) electrons. The molecule has 1 aromatic carbocycles. The first-order chi connectivity index (χ1) is 16.2. The summed E-state index contributed by atoms with van der Waals surface area (Å²) in [5, 5.41) is 2.94. The quantitative estimate of drug-likeness (QED) is 0.303. The van der Waals surface area contributed by atoms with Gasteiger partial charge in [-0.1, -0.05) is 61.4 Å². The Morgan fingerprint density at radius 1 is 1.09 bits per heavy atom. The minimum atomic E-state index is -0.0924. The van der Waals surface area contributed by atoms with Crippen LogP contribution in [-0.4, -0.2) is 26.7 Å². The first-order valence-electron chi connectivity index (χ1n) is 12.1. The Labute approximate surface area is 206 Å². The van der Waals surface area contributed by atoms with Crippen LogP contribution in [-0.2, 0) is 11.2 Å². The van der Waals surface area contributed by atoms with Crippen molar-refractivity contribution in [2.75, 3.05) is 20.8 Å². The van der Waals surface area contributed by atoms with Gasteiger partial charge in [0.25, 0.3) is 0 Å². The van der Waals surface area contributed by atoms with E-state index in [2.05, 4.69) is 51.2 Å². The highest BCUT2D eigenvalue weighted by atomic mass is 16.5. The van der Waals surface area contributed by atoms with Gasteiger partial charge in [-0.15, -0.1) is 0 Å². The van der Waals surface area contributed by atoms with Gasteiger partial charge in [0.15, 0.2) is 11.5 Å². The van der Waals surface area contributed by atoms with Gasteiger partial charge in [0.2, 0.25) is 5.91 Å². The summed E-state index contributed by atoms with van der Waals surface area (Å²) in [4.78, 5) is 12.2. The van der Waals surface area contributed by atoms with E-state index in [0.717, 1.165) is 17.6 Å². The molecule has 0 unspecified atom stereocenters. The number of allylic oxidation sites excluding steroid dienone is 9. The Hall–Kier alpha value is -3.01. The molecule has 0 fully saturated rings. The summed E-state index contributed by atoms with van der Waals surface area (Å²) >= 11 is 0. The molecular weight excluding hydrogens is 422 g/mol. The van der Waals surface area contributed by atoms with Crippen molar-refractivity contribution in [3.63, 3.8) is 0 Å². The van der Waals surface area contributed by atoms with Crippen molar-refractivity contribution in [3.8, 4) is 11.5 Å². The number of amides is 1. The minimum Gasteiger partial charge on any atom is -0.493 e. The SMILES string of the molecule is COc1ccc(CCNC(=O)C=C(C)C=CC=C(C)C=CC2=C(C)CCCC2(C)C)cc1OC. The summed E-state index contributed by atoms with van der Waals surface area (Å²) in [5.74, 6) is 1.30. The Morgan fingerprint density at radius 3 is 2.50 bits per heavy atom. The molecule has 1 amide bonds. The lowest BCUT2D eigenvalue weighted by molar-refractivity contribution is -0.116. The number of ether oxygens (including phenoxy) is 2. The third-order valence-corrected chi connectivity index (χ3v) is 6.29. The largest absolute Gasteiger partial charge is 0.493 e. The van der Waals surface area contributed by atoms with Crippen LogP contribution < -0.4 is 14.8 Å². The van der Waals surface area contributed by atoms with Crippen LogP contribution in [0.3, 0.4) is 0 Å². The van der Waals surface area contributed by atoms with Gasteiger partial charge in [-0.2, -0.15) is 0 Å². The van der Waals surface area contributed by atoms with Crippen LogP contribution in [0, 0.1) is 5.41 Å². The molecule has 1 N–H and O–H groups in total. The van der Waals surface area contributed by atoms with Gasteiger partial charge < -0.3 is 14.8 Å². The van der Waals surface area contributed by atoms with Gasteiger partial charge in [-0.05, 0) is 80.7 Å². The normalized spacial score (nSPS) is 16.9. The molecule has 34 heavy (non-hydrogen) atoms. The highest BCUT2D eigenvalue weighted by molar-refractivity contribution is 5.88. The number of benzene rings is 1. The fourth-order valence-electron chi connectivity index (χ4n) is 4.30. The number of nitrogens with one attached hydrogen (secondary N) is 1. The van der Waals surface area contributed by atoms with Crippen molar-refractivity contribution in [2.45, 2.75) is 60.3 Å². The van der Waals surface area contributed by atoms with Crippen LogP contribution in [0.25, 0.3) is 0 Å². The van der Waals surface area contributed by atoms with Crippen molar-refractivity contribution in [2.24, 2.45) is 5.41 Å². The van der Waals surface area contributed by atoms with Crippen LogP contribution in [0.4, 0.5) is 0 Å². The number of hydrogen-bond donors (Lipinski definition) is 1. The van der Waals surface area contributed by atoms with Gasteiger partial charge in [-0.3, -0.25) is 4.79 Å². The molecule has 184 valence electrons. The van der Waals surface area contributed by atoms with Crippen LogP contribution >= 0.6 is 0 Å². The summed E-state index contributed by atoms with van der Waals surface area (Å²) in [6.07, 6.45) is 16.6. The Balaban J connectivity index is 1.86. The molecule has 0 saturated carbocycles. The van der Waals surface area contributed by atoms with E-state index in [1.165, 1.54) is 36.0 Å². The molecule has 1 aliphatic rings. The zero-order valence-electron chi connectivity index (χ0n) is 22.0. The van der Waals surface area contributed by atoms with Crippen molar-refractivity contribution in [3.05, 3.63) is 82.5 Å². The van der Waals surface area contributed by atoms with E-state index in [-0.39, 0.29) is 11.3 Å². The highest BCUT2D eigenvalue weighted by Crippen LogP contribution is 2.40. The van der Waals surface area contributed by atoms with E-state index in [4.69, 9.17) is 9.47 Å². The number of carbonyl (C=O) groups excluding carboxylic acids is 1. The monoisotopic (exact) mass is 463 g/mol. The summed E-state index contributed by atoms with van der Waals surface area (Å²) in [6.45, 7) is 11.5. The Kier molecular flexibility index (Phi) is 10.4. The molecule has 4 nitrogen and oxygen atoms in total. The maximum atomic E-state index is 12.2. The van der Waals surface area contributed by atoms with Crippen LogP contribution in [0.5, 0.6) is 11.5 Å². The van der Waals surface area contributed by atoms with Gasteiger partial charge in [0.05, 0.1) is 14.2 Å². The van der Waals surface area contributed by atoms with Gasteiger partial charge in [0, 0.05) is 12.6 Å². The molecule has 0 spiro atoms. The average Bonchev–Trinajstić information content (AvgIpc) is 2.78. The lowest BCUT2D eigenvalue weighted by Gasteiger charge is -2.32. The van der Waals surface area contributed by atoms with E-state index in [1.807, 2.05) is 37.3 Å². The third kappa shape index (κ3) is 8.40. The van der Waals surface area contributed by atoms with E-state index in [9.17, 15) is 4.79 Å². The zero-order valence-corrected chi connectivity index (χ0v) is 22.0. The molecule has 0 atom stereocenters. The zero-order chi connectivity index (χ0) is 25.1. The van der Waals surface area contributed by atoms with Crippen LogP contribution in [0.2, 0.25) is 0 Å². The average molecular weight is 464 g/mol. The van der Waals surface area contributed by atoms with Gasteiger partial charge in [0.1, 0.15) is 0 Å². The smallest absolute Gasteiger partial charge is 0.244 e. The predicted octanol–water partition coefficient (Wildman–Crippen LogP) is 6.89. The van der Waals surface area contributed by atoms with E-state index in [0.29, 0.717) is 18.0 Å². The van der Waals surface area contributed by atoms with E-state index < -0.39 is 0 Å². The van der Waals surface area contributed by atoms with Crippen molar-refractivity contribution in [1.82, 2.24) is 5.32 Å². The van der Waals surface area contributed by atoms with E-state index in [1.54, 1.807) is 20.3 Å². The fraction of sp³-hybridized carbons (Fsp3) is 0.433. The molecule has 2 rings (SSSR count). The standard InChI is InChI=1S/C30H41NO3/c1-22(13-15-26-24(3)12-9-18-30(26,4)5)10-8-11-23(2)20-29(32)31-19-17-25-14-16-27(33-6)28(21-25)34-7/h8,10-11,13-16,20-21H,9,12,17-19H2,1-7H3,(H,31,32). The lowest BCUT2D eigenvalue weighted by atomic mass is 9.72. The fourth-order valence-corrected chi connectivity index (χ4v) is 4.30. The minimum absolute atomic E-state index is 0.0924. The van der Waals surface area contributed by atoms with Crippen LogP contribution in [0.15, 0.2) is 76.9 Å². The highest BCUT2D eigenvalue weighted by Gasteiger charge is 2.26. The topological polar surface area (TPSA) is 47.6 Å². The van der Waals surface area contributed by atoms with Gasteiger partial charge >= 0.3 is 0 Å². The molecule has 0 aliphatic heterocycles. The van der Waals surface area contributed by atoms with Crippen molar-refractivity contribution >= 4 is 5.91 Å². The van der Waals surface area contributed by atoms with Gasteiger partial charge in [-0.25, -0.2) is 0 Å².